The minimum absolute atomic E-state index is 0.0146. The van der Waals surface area contributed by atoms with Gasteiger partial charge in [-0.3, -0.25) is 14.3 Å². The molecule has 7 N–H and O–H groups in total. The largest absolute Gasteiger partial charge is 0.466 e. The van der Waals surface area contributed by atoms with Gasteiger partial charge in [0, 0.05) is 0 Å². The summed E-state index contributed by atoms with van der Waals surface area (Å²) in [5.74, 6) is 0.0472. The highest BCUT2D eigenvalue weighted by atomic mass is 31.2. The van der Waals surface area contributed by atoms with E-state index in [-0.39, 0.29) is 36.0 Å². The summed E-state index contributed by atoms with van der Waals surface area (Å²) >= 11 is 0. The monoisotopic (exact) mass is 349 g/mol. The summed E-state index contributed by atoms with van der Waals surface area (Å²) in [6.45, 7) is -0.0146. The first-order valence-electron chi connectivity index (χ1n) is 6.46. The number of nitrogens with one attached hydrogen (secondary N) is 1. The van der Waals surface area contributed by atoms with Crippen molar-refractivity contribution >= 4 is 24.9 Å². The lowest BCUT2D eigenvalue weighted by Gasteiger charge is -2.13. The predicted molar refractivity (Wildman–Crippen MR) is 77.1 cm³/mol. The minimum atomic E-state index is -4.64. The summed E-state index contributed by atoms with van der Waals surface area (Å²) in [5.41, 5.74) is 5.79. The van der Waals surface area contributed by atoms with E-state index in [0.29, 0.717) is 5.65 Å². The molecule has 0 bridgehead atoms. The number of aliphatic hydroxyl groups is 1. The fourth-order valence-corrected chi connectivity index (χ4v) is 2.18. The summed E-state index contributed by atoms with van der Waals surface area (Å²) in [6, 6.07) is 0. The second kappa shape index (κ2) is 6.74. The van der Waals surface area contributed by atoms with Crippen LogP contribution >= 0.6 is 7.82 Å². The van der Waals surface area contributed by atoms with Gasteiger partial charge < -0.3 is 30.3 Å². The van der Waals surface area contributed by atoms with Crippen molar-refractivity contribution in [2.45, 2.75) is 25.2 Å². The number of ether oxygens (including phenoxy) is 1. The number of nitrogens with two attached hydrogens (primary N) is 1. The van der Waals surface area contributed by atoms with E-state index in [1.54, 1.807) is 4.57 Å². The first-order chi connectivity index (χ1) is 10.7. The fourth-order valence-electron chi connectivity index (χ4n) is 2.18. The molecular formula is C10H16N5O7P. The Morgan fingerprint density at radius 2 is 2.09 bits per heavy atom. The number of aliphatic hydroxyl groups excluding tert-OH is 1. The molecule has 128 valence electrons. The highest BCUT2D eigenvalue weighted by Crippen LogP contribution is 2.29. The highest BCUT2D eigenvalue weighted by Gasteiger charge is 2.27. The van der Waals surface area contributed by atoms with E-state index >= 15 is 0 Å². The van der Waals surface area contributed by atoms with E-state index in [1.807, 2.05) is 0 Å². The van der Waals surface area contributed by atoms with Gasteiger partial charge in [-0.2, -0.15) is 4.98 Å². The molecule has 1 aliphatic heterocycles. The zero-order valence-electron chi connectivity index (χ0n) is 11.7. The van der Waals surface area contributed by atoms with Gasteiger partial charge in [0.2, 0.25) is 5.95 Å². The molecule has 1 saturated heterocycles. The predicted octanol–water partition coefficient (Wildman–Crippen LogP) is -1.56. The summed E-state index contributed by atoms with van der Waals surface area (Å²) in [5, 5.41) is 9.04. The molecule has 2 aromatic rings. The summed E-state index contributed by atoms with van der Waals surface area (Å²) in [4.78, 5) is 43.7. The number of rotatable bonds is 2. The number of nitrogens with zero attached hydrogens (tertiary/aromatic N) is 3. The molecule has 13 heteroatoms. The number of anilines is 1. The van der Waals surface area contributed by atoms with Crippen LogP contribution in [-0.4, -0.2) is 52.0 Å². The molecule has 0 radical (unpaired) electrons. The van der Waals surface area contributed by atoms with Crippen LogP contribution < -0.4 is 11.3 Å². The van der Waals surface area contributed by atoms with E-state index in [4.69, 9.17) is 34.8 Å². The topological polar surface area (TPSA) is 197 Å². The molecule has 12 nitrogen and oxygen atoms in total. The first-order valence-corrected chi connectivity index (χ1v) is 8.02. The highest BCUT2D eigenvalue weighted by molar-refractivity contribution is 7.45. The molecule has 0 aliphatic carbocycles. The van der Waals surface area contributed by atoms with E-state index < -0.39 is 7.82 Å². The lowest BCUT2D eigenvalue weighted by atomic mass is 10.2. The Labute approximate surface area is 128 Å². The maximum absolute atomic E-state index is 11.6. The average molecular weight is 349 g/mol. The van der Waals surface area contributed by atoms with Crippen molar-refractivity contribution in [3.8, 4) is 0 Å². The van der Waals surface area contributed by atoms with Crippen LogP contribution in [0.2, 0.25) is 0 Å². The Bertz CT molecular complexity index is 775. The van der Waals surface area contributed by atoms with Crippen molar-refractivity contribution in [2.24, 2.45) is 0 Å². The minimum Gasteiger partial charge on any atom is -0.394 e. The van der Waals surface area contributed by atoms with Crippen LogP contribution in [-0.2, 0) is 9.30 Å². The molecule has 0 spiro atoms. The smallest absolute Gasteiger partial charge is 0.394 e. The Morgan fingerprint density at radius 3 is 2.65 bits per heavy atom. The molecule has 2 atom stereocenters. The van der Waals surface area contributed by atoms with E-state index in [2.05, 4.69) is 15.0 Å². The number of aromatic nitrogens is 4. The maximum atomic E-state index is 11.6. The summed E-state index contributed by atoms with van der Waals surface area (Å²) in [6.07, 6.45) is 2.58. The van der Waals surface area contributed by atoms with Gasteiger partial charge in [0.25, 0.3) is 5.56 Å². The SMILES string of the molecule is Nc1nc2c(ncn2[C@H]2CC[C@@H](CO)O2)c(=O)[nH]1.O=P(O)(O)O. The Morgan fingerprint density at radius 1 is 1.43 bits per heavy atom. The van der Waals surface area contributed by atoms with Crippen LogP contribution in [0.4, 0.5) is 5.95 Å². The molecule has 3 heterocycles. The number of H-pyrrole nitrogens is 1. The van der Waals surface area contributed by atoms with Crippen LogP contribution in [0.5, 0.6) is 0 Å². The molecule has 0 unspecified atom stereocenters. The third kappa shape index (κ3) is 4.58. The zero-order chi connectivity index (χ0) is 17.2. The average Bonchev–Trinajstić information content (AvgIpc) is 3.01. The third-order valence-electron chi connectivity index (χ3n) is 3.05. The fraction of sp³-hybridized carbons (Fsp3) is 0.500. The molecule has 23 heavy (non-hydrogen) atoms. The van der Waals surface area contributed by atoms with Crippen LogP contribution in [0, 0.1) is 0 Å². The van der Waals surface area contributed by atoms with Crippen molar-refractivity contribution in [2.75, 3.05) is 12.3 Å². The van der Waals surface area contributed by atoms with E-state index in [0.717, 1.165) is 12.8 Å². The number of imidazole rings is 1. The van der Waals surface area contributed by atoms with Gasteiger partial charge in [0.05, 0.1) is 19.0 Å². The van der Waals surface area contributed by atoms with Gasteiger partial charge in [0.1, 0.15) is 6.23 Å². The van der Waals surface area contributed by atoms with Gasteiger partial charge in [-0.25, -0.2) is 9.55 Å². The third-order valence-corrected chi connectivity index (χ3v) is 3.05. The van der Waals surface area contributed by atoms with Gasteiger partial charge >= 0.3 is 7.82 Å². The molecule has 3 rings (SSSR count). The molecule has 0 aromatic carbocycles. The Balaban J connectivity index is 0.000000338. The van der Waals surface area contributed by atoms with Crippen molar-refractivity contribution in [1.29, 1.82) is 0 Å². The van der Waals surface area contributed by atoms with Crippen molar-refractivity contribution in [1.82, 2.24) is 19.5 Å². The number of nitrogen functional groups attached to an aromatic ring is 1. The van der Waals surface area contributed by atoms with Crippen molar-refractivity contribution in [3.05, 3.63) is 16.7 Å². The zero-order valence-corrected chi connectivity index (χ0v) is 12.6. The normalized spacial score (nSPS) is 21.2. The molecule has 1 aliphatic rings. The molecule has 1 fully saturated rings. The maximum Gasteiger partial charge on any atom is 0.466 e. The first kappa shape index (κ1) is 17.5. The summed E-state index contributed by atoms with van der Waals surface area (Å²) < 4.78 is 16.2. The number of fused-ring (bicyclic) bond motifs is 1. The standard InChI is InChI=1S/C10H13N5O3.H3O4P/c11-10-13-8-7(9(17)14-10)12-4-15(8)6-2-1-5(3-16)18-6;1-5(2,3)4/h4-6,16H,1-3H2,(H3,11,13,14,17);(H3,1,2,3,4)/t5-,6+;/m0./s1. The Kier molecular flexibility index (Phi) is 5.14. The lowest BCUT2D eigenvalue weighted by Crippen LogP contribution is -2.16. The number of aromatic amines is 1. The molecular weight excluding hydrogens is 333 g/mol. The second-order valence-electron chi connectivity index (χ2n) is 4.76. The summed E-state index contributed by atoms with van der Waals surface area (Å²) in [7, 11) is -4.64. The molecule has 2 aromatic heterocycles. The van der Waals surface area contributed by atoms with Crippen LogP contribution in [0.1, 0.15) is 19.1 Å². The number of hydrogen-bond acceptors (Lipinski definition) is 7. The van der Waals surface area contributed by atoms with Crippen LogP contribution in [0.3, 0.4) is 0 Å². The van der Waals surface area contributed by atoms with Crippen LogP contribution in [0.25, 0.3) is 11.2 Å². The van der Waals surface area contributed by atoms with Gasteiger partial charge in [-0.15, -0.1) is 0 Å². The van der Waals surface area contributed by atoms with E-state index in [1.165, 1.54) is 6.33 Å². The molecule has 0 saturated carbocycles. The Hall–Kier alpha value is -1.82. The van der Waals surface area contributed by atoms with Crippen molar-refractivity contribution < 1.29 is 29.1 Å². The number of phosphoric acid groups is 1. The van der Waals surface area contributed by atoms with Crippen molar-refractivity contribution in [3.63, 3.8) is 0 Å². The molecule has 0 amide bonds. The number of hydrogen-bond donors (Lipinski definition) is 6. The van der Waals surface area contributed by atoms with Gasteiger partial charge in [0.15, 0.2) is 11.2 Å². The lowest BCUT2D eigenvalue weighted by molar-refractivity contribution is -0.0207. The second-order valence-corrected chi connectivity index (χ2v) is 5.79. The van der Waals surface area contributed by atoms with Gasteiger partial charge in [-0.05, 0) is 12.8 Å². The van der Waals surface area contributed by atoms with Crippen LogP contribution in [0.15, 0.2) is 11.1 Å². The quantitative estimate of drug-likeness (QED) is 0.345. The van der Waals surface area contributed by atoms with Gasteiger partial charge in [-0.1, -0.05) is 0 Å². The van der Waals surface area contributed by atoms with E-state index in [9.17, 15) is 4.79 Å².